The molecule has 1 saturated heterocycles. The second kappa shape index (κ2) is 6.81. The summed E-state index contributed by atoms with van der Waals surface area (Å²) in [6.07, 6.45) is 1.77. The van der Waals surface area contributed by atoms with Gasteiger partial charge in [0.25, 0.3) is 11.6 Å². The minimum Gasteiger partial charge on any atom is -0.290 e. The van der Waals surface area contributed by atoms with E-state index in [1.165, 1.54) is 41.0 Å². The Balaban J connectivity index is 1.77. The van der Waals surface area contributed by atoms with E-state index in [2.05, 4.69) is 5.43 Å². The van der Waals surface area contributed by atoms with Gasteiger partial charge in [-0.2, -0.15) is 0 Å². The number of hydrogen-bond donors (Lipinski definition) is 1. The Kier molecular flexibility index (Phi) is 4.59. The fourth-order valence-corrected chi connectivity index (χ4v) is 3.23. The molecule has 0 saturated carbocycles. The molecule has 0 aliphatic carbocycles. The molecule has 1 N–H and O–H groups in total. The summed E-state index contributed by atoms with van der Waals surface area (Å²) in [7, 11) is 0. The zero-order chi connectivity index (χ0) is 17.1. The maximum Gasteiger partial charge on any atom is 0.285 e. The highest BCUT2D eigenvalue weighted by Gasteiger charge is 2.32. The number of thioether (sulfide) groups is 1. The van der Waals surface area contributed by atoms with Crippen molar-refractivity contribution < 1.29 is 9.72 Å². The molecule has 2 aromatic carbocycles. The average molecular weight is 357 g/mol. The Morgan fingerprint density at radius 1 is 1.12 bits per heavy atom. The first-order valence-corrected chi connectivity index (χ1v) is 8.11. The Morgan fingerprint density at radius 2 is 1.79 bits per heavy atom. The van der Waals surface area contributed by atoms with Crippen LogP contribution in [-0.4, -0.2) is 20.2 Å². The molecule has 24 heavy (non-hydrogen) atoms. The molecule has 1 fully saturated rings. The second-order valence-electron chi connectivity index (χ2n) is 4.84. The Hall–Kier alpha value is -2.71. The van der Waals surface area contributed by atoms with E-state index in [-0.39, 0.29) is 11.6 Å². The van der Waals surface area contributed by atoms with Gasteiger partial charge in [0, 0.05) is 12.1 Å². The highest BCUT2D eigenvalue weighted by Crippen LogP contribution is 2.32. The molecule has 6 nitrogen and oxygen atoms in total. The van der Waals surface area contributed by atoms with Gasteiger partial charge in [0.1, 0.15) is 0 Å². The monoisotopic (exact) mass is 357 g/mol. The van der Waals surface area contributed by atoms with E-state index in [0.717, 1.165) is 5.56 Å². The topological polar surface area (TPSA) is 75.5 Å². The molecule has 3 rings (SSSR count). The maximum atomic E-state index is 12.5. The zero-order valence-corrected chi connectivity index (χ0v) is 13.8. The number of hydrogen-bond acceptors (Lipinski definition) is 6. The molecule has 1 aliphatic rings. The minimum absolute atomic E-state index is 0.0186. The van der Waals surface area contributed by atoms with Crippen LogP contribution in [-0.2, 0) is 4.79 Å². The van der Waals surface area contributed by atoms with Crippen LogP contribution in [0.3, 0.4) is 0 Å². The Labute approximate surface area is 147 Å². The Bertz CT molecular complexity index is 835. The van der Waals surface area contributed by atoms with E-state index < -0.39 is 4.92 Å². The summed E-state index contributed by atoms with van der Waals surface area (Å²) in [5.74, 6) is -0.257. The van der Waals surface area contributed by atoms with Gasteiger partial charge in [0.15, 0.2) is 4.32 Å². The first kappa shape index (κ1) is 16.2. The number of nitrogens with one attached hydrogen (secondary N) is 1. The van der Waals surface area contributed by atoms with Crippen LogP contribution in [0.2, 0.25) is 0 Å². The third-order valence-electron chi connectivity index (χ3n) is 3.21. The first-order valence-electron chi connectivity index (χ1n) is 6.89. The summed E-state index contributed by atoms with van der Waals surface area (Å²) in [6, 6.07) is 15.3. The van der Waals surface area contributed by atoms with Gasteiger partial charge >= 0.3 is 0 Å². The van der Waals surface area contributed by atoms with Gasteiger partial charge in [-0.05, 0) is 36.0 Å². The summed E-state index contributed by atoms with van der Waals surface area (Å²) in [5.41, 5.74) is 4.31. The van der Waals surface area contributed by atoms with E-state index in [4.69, 9.17) is 12.2 Å². The fraction of sp³-hybridized carbons (Fsp3) is 0. The molecule has 0 unspecified atom stereocenters. The smallest absolute Gasteiger partial charge is 0.285 e. The molecule has 0 aromatic heterocycles. The molecule has 0 spiro atoms. The summed E-state index contributed by atoms with van der Waals surface area (Å²) < 4.78 is 0.375. The molecule has 2 aromatic rings. The molecule has 0 bridgehead atoms. The standard InChI is InChI=1S/C16H11N3O3S2/c20-15-14(10-11-4-2-1-3-5-11)24-16(23)18(15)17-12-6-8-13(9-7-12)19(21)22/h1-10,17H/b14-10+. The third kappa shape index (κ3) is 3.44. The number of non-ortho nitro benzene ring substituents is 1. The van der Waals surface area contributed by atoms with E-state index in [0.29, 0.717) is 14.9 Å². The number of nitrogens with zero attached hydrogens (tertiary/aromatic N) is 2. The van der Waals surface area contributed by atoms with Crippen LogP contribution in [0.5, 0.6) is 0 Å². The molecule has 120 valence electrons. The van der Waals surface area contributed by atoms with Gasteiger partial charge < -0.3 is 0 Å². The number of nitro groups is 1. The highest BCUT2D eigenvalue weighted by atomic mass is 32.2. The zero-order valence-electron chi connectivity index (χ0n) is 12.2. The largest absolute Gasteiger partial charge is 0.290 e. The minimum atomic E-state index is -0.480. The van der Waals surface area contributed by atoms with Crippen molar-refractivity contribution in [2.24, 2.45) is 0 Å². The predicted octanol–water partition coefficient (Wildman–Crippen LogP) is 3.82. The summed E-state index contributed by atoms with van der Waals surface area (Å²) in [4.78, 5) is 23.2. The van der Waals surface area contributed by atoms with Gasteiger partial charge in [-0.3, -0.25) is 20.3 Å². The lowest BCUT2D eigenvalue weighted by Gasteiger charge is -2.16. The average Bonchev–Trinajstić information content (AvgIpc) is 2.84. The van der Waals surface area contributed by atoms with Crippen LogP contribution in [0.25, 0.3) is 6.08 Å². The van der Waals surface area contributed by atoms with Crippen molar-refractivity contribution >= 4 is 51.7 Å². The van der Waals surface area contributed by atoms with Crippen molar-refractivity contribution in [1.82, 2.24) is 5.01 Å². The molecule has 1 heterocycles. The maximum absolute atomic E-state index is 12.5. The molecule has 1 amide bonds. The fourth-order valence-electron chi connectivity index (χ4n) is 2.05. The molecular weight excluding hydrogens is 346 g/mol. The lowest BCUT2D eigenvalue weighted by atomic mass is 10.2. The number of rotatable bonds is 4. The van der Waals surface area contributed by atoms with E-state index in [9.17, 15) is 14.9 Å². The van der Waals surface area contributed by atoms with Crippen LogP contribution in [0, 0.1) is 10.1 Å². The predicted molar refractivity (Wildman–Crippen MR) is 98.2 cm³/mol. The number of anilines is 1. The molecule has 1 aliphatic heterocycles. The van der Waals surface area contributed by atoms with E-state index >= 15 is 0 Å². The van der Waals surface area contributed by atoms with E-state index in [1.807, 2.05) is 30.3 Å². The third-order valence-corrected chi connectivity index (χ3v) is 4.51. The van der Waals surface area contributed by atoms with Crippen molar-refractivity contribution in [1.29, 1.82) is 0 Å². The Morgan fingerprint density at radius 3 is 2.42 bits per heavy atom. The van der Waals surface area contributed by atoms with E-state index in [1.54, 1.807) is 6.08 Å². The van der Waals surface area contributed by atoms with Gasteiger partial charge in [-0.15, -0.1) is 0 Å². The van der Waals surface area contributed by atoms with Gasteiger partial charge in [0.05, 0.1) is 15.5 Å². The number of carbonyl (C=O) groups excluding carboxylic acids is 1. The molecule has 0 radical (unpaired) electrons. The van der Waals surface area contributed by atoms with Gasteiger partial charge in [-0.1, -0.05) is 42.1 Å². The first-order chi connectivity index (χ1) is 11.5. The van der Waals surface area contributed by atoms with Crippen molar-refractivity contribution in [3.63, 3.8) is 0 Å². The van der Waals surface area contributed by atoms with Crippen molar-refractivity contribution in [2.75, 3.05) is 5.43 Å². The number of benzene rings is 2. The summed E-state index contributed by atoms with van der Waals surface area (Å²) >= 11 is 6.44. The number of thiocarbonyl (C=S) groups is 1. The number of carbonyl (C=O) groups is 1. The van der Waals surface area contributed by atoms with Crippen LogP contribution >= 0.6 is 24.0 Å². The second-order valence-corrected chi connectivity index (χ2v) is 6.52. The van der Waals surface area contributed by atoms with Gasteiger partial charge in [-0.25, -0.2) is 5.01 Å². The quantitative estimate of drug-likeness (QED) is 0.388. The molecule has 8 heteroatoms. The van der Waals surface area contributed by atoms with Crippen molar-refractivity contribution in [3.05, 3.63) is 75.2 Å². The lowest BCUT2D eigenvalue weighted by Crippen LogP contribution is -2.33. The van der Waals surface area contributed by atoms with Crippen molar-refractivity contribution in [3.8, 4) is 0 Å². The van der Waals surface area contributed by atoms with Gasteiger partial charge in [0.2, 0.25) is 0 Å². The molecule has 0 atom stereocenters. The van der Waals surface area contributed by atoms with Crippen molar-refractivity contribution in [2.45, 2.75) is 0 Å². The van der Waals surface area contributed by atoms with Crippen LogP contribution in [0.15, 0.2) is 59.5 Å². The van der Waals surface area contributed by atoms with Crippen LogP contribution in [0.1, 0.15) is 5.56 Å². The summed E-state index contributed by atoms with van der Waals surface area (Å²) in [6.45, 7) is 0. The molecular formula is C16H11N3O3S2. The highest BCUT2D eigenvalue weighted by molar-refractivity contribution is 8.26. The van der Waals surface area contributed by atoms with Crippen LogP contribution in [0.4, 0.5) is 11.4 Å². The number of amides is 1. The normalized spacial score (nSPS) is 15.8. The van der Waals surface area contributed by atoms with Crippen LogP contribution < -0.4 is 5.43 Å². The lowest BCUT2D eigenvalue weighted by molar-refractivity contribution is -0.384. The number of nitro benzene ring substituents is 1. The number of hydrazine groups is 1. The summed E-state index contributed by atoms with van der Waals surface area (Å²) in [5, 5.41) is 11.9. The SMILES string of the molecule is O=C1/C(=C\c2ccccc2)SC(=S)N1Nc1ccc([N+](=O)[O-])cc1.